The molecule has 6 nitrogen and oxygen atoms in total. The molecule has 1 aromatic heterocycles. The minimum Gasteiger partial charge on any atom is -0.391 e. The van der Waals surface area contributed by atoms with Gasteiger partial charge < -0.3 is 21.1 Å². The topological polar surface area (TPSA) is 87.3 Å². The van der Waals surface area contributed by atoms with Gasteiger partial charge in [-0.25, -0.2) is 9.97 Å². The molecule has 1 aliphatic heterocycles. The fraction of sp³-hybridized carbons (Fsp3) is 0.600. The monoisotopic (exact) mass is 295 g/mol. The third kappa shape index (κ3) is 3.58. The summed E-state index contributed by atoms with van der Waals surface area (Å²) in [6, 6.07) is 2.02. The number of rotatable bonds is 3. The maximum atomic E-state index is 9.63. The van der Waals surface area contributed by atoms with Crippen molar-refractivity contribution in [2.24, 2.45) is 5.73 Å². The average Bonchev–Trinajstić information content (AvgIpc) is 2.70. The maximum Gasteiger partial charge on any atom is 0.134 e. The number of nitrogens with one attached hydrogen (secondary N) is 1. The first-order valence-corrected chi connectivity index (χ1v) is 5.39. The van der Waals surface area contributed by atoms with Crippen LogP contribution >= 0.6 is 24.8 Å². The summed E-state index contributed by atoms with van der Waals surface area (Å²) in [5.41, 5.74) is 5.68. The molecule has 1 aliphatic rings. The fourth-order valence-electron chi connectivity index (χ4n) is 2.04. The Bertz CT molecular complexity index is 368. The summed E-state index contributed by atoms with van der Waals surface area (Å²) in [4.78, 5) is 10.3. The van der Waals surface area contributed by atoms with Crippen LogP contribution in [0.2, 0.25) is 0 Å². The highest BCUT2D eigenvalue weighted by atomic mass is 35.5. The molecule has 18 heavy (non-hydrogen) atoms. The SMILES string of the molecule is CNc1cc(N2CC(O)CC2CN)ncn1.Cl.Cl. The summed E-state index contributed by atoms with van der Waals surface area (Å²) in [6.07, 6.45) is 1.90. The average molecular weight is 296 g/mol. The smallest absolute Gasteiger partial charge is 0.134 e. The molecule has 0 aliphatic carbocycles. The van der Waals surface area contributed by atoms with E-state index in [1.165, 1.54) is 6.33 Å². The predicted octanol–water partition coefficient (Wildman–Crippen LogP) is 0.260. The van der Waals surface area contributed by atoms with Gasteiger partial charge in [-0.2, -0.15) is 0 Å². The number of aromatic nitrogens is 2. The van der Waals surface area contributed by atoms with Crippen LogP contribution in [-0.4, -0.2) is 47.4 Å². The number of aliphatic hydroxyl groups is 1. The Labute approximate surface area is 119 Å². The van der Waals surface area contributed by atoms with Crippen molar-refractivity contribution in [3.05, 3.63) is 12.4 Å². The van der Waals surface area contributed by atoms with E-state index < -0.39 is 0 Å². The van der Waals surface area contributed by atoms with Crippen LogP contribution in [0.3, 0.4) is 0 Å². The lowest BCUT2D eigenvalue weighted by Crippen LogP contribution is -2.36. The van der Waals surface area contributed by atoms with Crippen molar-refractivity contribution in [2.75, 3.05) is 30.4 Å². The number of β-amino-alcohol motifs (C(OH)–C–C–N with tert-alkyl or cyclic N) is 1. The molecule has 0 amide bonds. The van der Waals surface area contributed by atoms with Crippen molar-refractivity contribution in [3.63, 3.8) is 0 Å². The van der Waals surface area contributed by atoms with E-state index in [0.717, 1.165) is 11.6 Å². The third-order valence-corrected chi connectivity index (χ3v) is 2.87. The summed E-state index contributed by atoms with van der Waals surface area (Å²) >= 11 is 0. The minimum atomic E-state index is -0.318. The highest BCUT2D eigenvalue weighted by Crippen LogP contribution is 2.24. The number of hydrogen-bond donors (Lipinski definition) is 3. The normalized spacial score (nSPS) is 22.1. The van der Waals surface area contributed by atoms with Crippen LogP contribution in [0.1, 0.15) is 6.42 Å². The Morgan fingerprint density at radius 2 is 2.22 bits per heavy atom. The number of halogens is 2. The molecular formula is C10H19Cl2N5O. The lowest BCUT2D eigenvalue weighted by atomic mass is 10.2. The zero-order valence-electron chi connectivity index (χ0n) is 10.1. The second kappa shape index (κ2) is 7.58. The largest absolute Gasteiger partial charge is 0.391 e. The van der Waals surface area contributed by atoms with Gasteiger partial charge in [0, 0.05) is 32.2 Å². The predicted molar refractivity (Wildman–Crippen MR) is 76.9 cm³/mol. The molecule has 1 aromatic rings. The summed E-state index contributed by atoms with van der Waals surface area (Å²) in [5, 5.41) is 12.6. The van der Waals surface area contributed by atoms with E-state index in [4.69, 9.17) is 5.73 Å². The maximum absolute atomic E-state index is 9.63. The Kier molecular flexibility index (Phi) is 7.23. The Morgan fingerprint density at radius 1 is 1.50 bits per heavy atom. The van der Waals surface area contributed by atoms with Gasteiger partial charge in [0.05, 0.1) is 6.10 Å². The van der Waals surface area contributed by atoms with Crippen LogP contribution < -0.4 is 16.0 Å². The lowest BCUT2D eigenvalue weighted by Gasteiger charge is -2.24. The van der Waals surface area contributed by atoms with E-state index in [-0.39, 0.29) is 37.0 Å². The summed E-state index contributed by atoms with van der Waals surface area (Å²) in [6.45, 7) is 1.11. The Balaban J connectivity index is 0.00000144. The first-order valence-electron chi connectivity index (χ1n) is 5.39. The first kappa shape index (κ1) is 17.2. The number of hydrogen-bond acceptors (Lipinski definition) is 6. The van der Waals surface area contributed by atoms with Gasteiger partial charge in [0.15, 0.2) is 0 Å². The lowest BCUT2D eigenvalue weighted by molar-refractivity contribution is 0.194. The molecule has 2 heterocycles. The quantitative estimate of drug-likeness (QED) is 0.741. The molecule has 2 rings (SSSR count). The highest BCUT2D eigenvalue weighted by Gasteiger charge is 2.30. The van der Waals surface area contributed by atoms with E-state index in [9.17, 15) is 5.11 Å². The molecule has 1 fully saturated rings. The number of anilines is 2. The van der Waals surface area contributed by atoms with Gasteiger partial charge in [-0.3, -0.25) is 0 Å². The van der Waals surface area contributed by atoms with Crippen LogP contribution in [-0.2, 0) is 0 Å². The molecular weight excluding hydrogens is 277 g/mol. The zero-order chi connectivity index (χ0) is 11.5. The second-order valence-corrected chi connectivity index (χ2v) is 3.94. The van der Waals surface area contributed by atoms with Gasteiger partial charge >= 0.3 is 0 Å². The van der Waals surface area contributed by atoms with Crippen LogP contribution in [0.5, 0.6) is 0 Å². The zero-order valence-corrected chi connectivity index (χ0v) is 11.7. The van der Waals surface area contributed by atoms with Gasteiger partial charge in [0.1, 0.15) is 18.0 Å². The van der Waals surface area contributed by atoms with Crippen molar-refractivity contribution in [1.82, 2.24) is 9.97 Å². The molecule has 4 N–H and O–H groups in total. The van der Waals surface area contributed by atoms with Gasteiger partial charge in [0.25, 0.3) is 0 Å². The number of nitrogens with two attached hydrogens (primary N) is 1. The number of nitrogens with zero attached hydrogens (tertiary/aromatic N) is 3. The van der Waals surface area contributed by atoms with Gasteiger partial charge in [-0.1, -0.05) is 0 Å². The molecule has 0 bridgehead atoms. The second-order valence-electron chi connectivity index (χ2n) is 3.94. The molecule has 2 atom stereocenters. The van der Waals surface area contributed by atoms with Crippen LogP contribution in [0.15, 0.2) is 12.4 Å². The van der Waals surface area contributed by atoms with E-state index in [1.54, 1.807) is 0 Å². The van der Waals surface area contributed by atoms with Crippen molar-refractivity contribution in [3.8, 4) is 0 Å². The molecule has 2 unspecified atom stereocenters. The summed E-state index contributed by atoms with van der Waals surface area (Å²) < 4.78 is 0. The Morgan fingerprint density at radius 3 is 2.83 bits per heavy atom. The fourth-order valence-corrected chi connectivity index (χ4v) is 2.04. The highest BCUT2D eigenvalue weighted by molar-refractivity contribution is 5.85. The molecule has 8 heteroatoms. The molecule has 0 radical (unpaired) electrons. The van der Waals surface area contributed by atoms with E-state index in [0.29, 0.717) is 19.5 Å². The van der Waals surface area contributed by atoms with Gasteiger partial charge in [-0.15, -0.1) is 24.8 Å². The molecule has 0 saturated carbocycles. The van der Waals surface area contributed by atoms with Gasteiger partial charge in [-0.05, 0) is 6.42 Å². The van der Waals surface area contributed by atoms with Crippen molar-refractivity contribution in [2.45, 2.75) is 18.6 Å². The molecule has 0 spiro atoms. The van der Waals surface area contributed by atoms with E-state index in [2.05, 4.69) is 15.3 Å². The molecule has 104 valence electrons. The van der Waals surface area contributed by atoms with Crippen LogP contribution in [0.4, 0.5) is 11.6 Å². The minimum absolute atomic E-state index is 0. The molecule has 1 saturated heterocycles. The third-order valence-electron chi connectivity index (χ3n) is 2.87. The number of aliphatic hydroxyl groups excluding tert-OH is 1. The van der Waals surface area contributed by atoms with E-state index in [1.807, 2.05) is 18.0 Å². The van der Waals surface area contributed by atoms with Crippen LogP contribution in [0, 0.1) is 0 Å². The standard InChI is InChI=1S/C10H17N5O.2ClH/c1-12-9-3-10(14-6-13-9)15-5-8(16)2-7(15)4-11;;/h3,6-8,16H,2,4-5,11H2,1H3,(H,12,13,14);2*1H. The van der Waals surface area contributed by atoms with Crippen molar-refractivity contribution >= 4 is 36.4 Å². The van der Waals surface area contributed by atoms with Crippen LogP contribution in [0.25, 0.3) is 0 Å². The summed E-state index contributed by atoms with van der Waals surface area (Å²) in [5.74, 6) is 1.58. The van der Waals surface area contributed by atoms with Gasteiger partial charge in [0.2, 0.25) is 0 Å². The molecule has 0 aromatic carbocycles. The van der Waals surface area contributed by atoms with Crippen molar-refractivity contribution < 1.29 is 5.11 Å². The van der Waals surface area contributed by atoms with Crippen molar-refractivity contribution in [1.29, 1.82) is 0 Å². The summed E-state index contributed by atoms with van der Waals surface area (Å²) in [7, 11) is 1.81. The van der Waals surface area contributed by atoms with E-state index >= 15 is 0 Å². The first-order chi connectivity index (χ1) is 7.74. The Hall–Kier alpha value is -0.820.